The average molecular weight is 521 g/mol. The van der Waals surface area contributed by atoms with Crippen LogP contribution in [0.5, 0.6) is 11.5 Å². The molecule has 28 heavy (non-hydrogen) atoms. The summed E-state index contributed by atoms with van der Waals surface area (Å²) >= 11 is 0. The van der Waals surface area contributed by atoms with Crippen LogP contribution in [0, 0.1) is 0 Å². The molecule has 3 N–H and O–H groups in total. The highest BCUT2D eigenvalue weighted by Crippen LogP contribution is 2.29. The highest BCUT2D eigenvalue weighted by atomic mass is 127. The van der Waals surface area contributed by atoms with Crippen LogP contribution in [-0.2, 0) is 10.0 Å². The number of rotatable bonds is 8. The second kappa shape index (κ2) is 11.7. The van der Waals surface area contributed by atoms with Gasteiger partial charge in [0.25, 0.3) is 0 Å². The first kappa shape index (κ1) is 23.9. The van der Waals surface area contributed by atoms with E-state index in [0.717, 1.165) is 5.69 Å². The zero-order valence-corrected chi connectivity index (χ0v) is 18.9. The number of ether oxygens (including phenoxy) is 2. The first-order chi connectivity index (χ1) is 13.0. The van der Waals surface area contributed by atoms with Crippen LogP contribution in [0.4, 0.5) is 5.69 Å². The van der Waals surface area contributed by atoms with E-state index in [0.29, 0.717) is 24.0 Å². The Morgan fingerprint density at radius 1 is 1.14 bits per heavy atom. The highest BCUT2D eigenvalue weighted by molar-refractivity contribution is 14.0. The molecule has 0 saturated carbocycles. The van der Waals surface area contributed by atoms with Gasteiger partial charge in [0.05, 0.1) is 14.2 Å². The SMILES string of the molecule is CN=C(NCCNS(=O)(=O)c1cccnc1)Nc1ccc(OC)c(OC)c1.I. The van der Waals surface area contributed by atoms with Crippen molar-refractivity contribution in [2.45, 2.75) is 4.90 Å². The second-order valence-corrected chi connectivity index (χ2v) is 7.05. The van der Waals surface area contributed by atoms with E-state index in [1.807, 2.05) is 6.07 Å². The summed E-state index contributed by atoms with van der Waals surface area (Å²) in [5.41, 5.74) is 0.747. The van der Waals surface area contributed by atoms with Gasteiger partial charge in [-0.1, -0.05) is 0 Å². The Morgan fingerprint density at radius 3 is 2.50 bits per heavy atom. The van der Waals surface area contributed by atoms with E-state index in [9.17, 15) is 8.42 Å². The van der Waals surface area contributed by atoms with Gasteiger partial charge in [0.2, 0.25) is 10.0 Å². The lowest BCUT2D eigenvalue weighted by atomic mass is 10.3. The molecule has 0 fully saturated rings. The van der Waals surface area contributed by atoms with Gasteiger partial charge in [-0.05, 0) is 24.3 Å². The van der Waals surface area contributed by atoms with Crippen LogP contribution in [0.15, 0.2) is 52.6 Å². The summed E-state index contributed by atoms with van der Waals surface area (Å²) in [7, 11) is 1.16. The van der Waals surface area contributed by atoms with Gasteiger partial charge in [0, 0.05) is 44.3 Å². The number of nitrogens with zero attached hydrogens (tertiary/aromatic N) is 2. The van der Waals surface area contributed by atoms with Crippen molar-refractivity contribution in [3.8, 4) is 11.5 Å². The van der Waals surface area contributed by atoms with Gasteiger partial charge in [-0.3, -0.25) is 9.98 Å². The fourth-order valence-corrected chi connectivity index (χ4v) is 3.18. The largest absolute Gasteiger partial charge is 0.493 e. The van der Waals surface area contributed by atoms with Gasteiger partial charge < -0.3 is 20.1 Å². The Kier molecular flexibility index (Phi) is 9.96. The number of aromatic nitrogens is 1. The van der Waals surface area contributed by atoms with E-state index in [2.05, 4.69) is 25.3 Å². The molecule has 0 aliphatic rings. The van der Waals surface area contributed by atoms with Crippen molar-refractivity contribution in [3.05, 3.63) is 42.7 Å². The molecule has 1 aromatic heterocycles. The minimum absolute atomic E-state index is 0. The zero-order valence-electron chi connectivity index (χ0n) is 15.8. The highest BCUT2D eigenvalue weighted by Gasteiger charge is 2.13. The average Bonchev–Trinajstić information content (AvgIpc) is 2.70. The molecule has 0 spiro atoms. The topological polar surface area (TPSA) is 114 Å². The summed E-state index contributed by atoms with van der Waals surface area (Å²) in [6, 6.07) is 8.43. The number of anilines is 1. The summed E-state index contributed by atoms with van der Waals surface area (Å²) in [6.07, 6.45) is 2.82. The van der Waals surface area contributed by atoms with E-state index in [4.69, 9.17) is 9.47 Å². The summed E-state index contributed by atoms with van der Waals surface area (Å²) in [5.74, 6) is 1.70. The molecule has 0 atom stereocenters. The molecule has 0 unspecified atom stereocenters. The Labute approximate surface area is 182 Å². The number of guanidine groups is 1. The molecule has 1 heterocycles. The van der Waals surface area contributed by atoms with Crippen LogP contribution in [0.2, 0.25) is 0 Å². The lowest BCUT2D eigenvalue weighted by molar-refractivity contribution is 0.355. The number of nitrogens with one attached hydrogen (secondary N) is 3. The van der Waals surface area contributed by atoms with Crippen molar-refractivity contribution in [2.24, 2.45) is 4.99 Å². The lowest BCUT2D eigenvalue weighted by Crippen LogP contribution is -2.37. The van der Waals surface area contributed by atoms with E-state index in [1.165, 1.54) is 18.5 Å². The van der Waals surface area contributed by atoms with E-state index < -0.39 is 10.0 Å². The normalized spacial score (nSPS) is 11.3. The number of methoxy groups -OCH3 is 2. The maximum absolute atomic E-state index is 12.1. The van der Waals surface area contributed by atoms with Crippen LogP contribution >= 0.6 is 24.0 Å². The number of pyridine rings is 1. The fraction of sp³-hybridized carbons (Fsp3) is 0.294. The van der Waals surface area contributed by atoms with Crippen LogP contribution in [0.1, 0.15) is 0 Å². The van der Waals surface area contributed by atoms with Crippen molar-refractivity contribution in [2.75, 3.05) is 39.7 Å². The summed E-state index contributed by atoms with van der Waals surface area (Å²) in [6.45, 7) is 0.524. The van der Waals surface area contributed by atoms with Gasteiger partial charge in [-0.25, -0.2) is 13.1 Å². The van der Waals surface area contributed by atoms with Gasteiger partial charge in [0.1, 0.15) is 4.90 Å². The zero-order chi connectivity index (χ0) is 19.7. The third-order valence-electron chi connectivity index (χ3n) is 3.52. The molecule has 0 aliphatic carbocycles. The first-order valence-corrected chi connectivity index (χ1v) is 9.58. The summed E-state index contributed by atoms with van der Waals surface area (Å²) in [4.78, 5) is 8.04. The quantitative estimate of drug-likeness (QED) is 0.210. The van der Waals surface area contributed by atoms with E-state index in [-0.39, 0.29) is 35.4 Å². The molecule has 0 saturated heterocycles. The van der Waals surface area contributed by atoms with Crippen LogP contribution < -0.4 is 24.8 Å². The standard InChI is InChI=1S/C17H23N5O4S.HI/c1-18-17(22-13-6-7-15(25-2)16(11-13)26-3)20-9-10-21-27(23,24)14-5-4-8-19-12-14;/h4-8,11-12,21H,9-10H2,1-3H3,(H2,18,20,22);1H. The number of benzene rings is 1. The third kappa shape index (κ3) is 6.80. The van der Waals surface area contributed by atoms with Crippen molar-refractivity contribution in [1.29, 1.82) is 0 Å². The lowest BCUT2D eigenvalue weighted by Gasteiger charge is -2.14. The molecular weight excluding hydrogens is 497 g/mol. The predicted octanol–water partition coefficient (Wildman–Crippen LogP) is 1.68. The predicted molar refractivity (Wildman–Crippen MR) is 119 cm³/mol. The molecule has 2 aromatic rings. The van der Waals surface area contributed by atoms with Crippen LogP contribution in [-0.4, -0.2) is 53.7 Å². The number of hydrogen-bond acceptors (Lipinski definition) is 6. The van der Waals surface area contributed by atoms with Crippen molar-refractivity contribution in [3.63, 3.8) is 0 Å². The molecule has 0 radical (unpaired) electrons. The third-order valence-corrected chi connectivity index (χ3v) is 4.97. The fourth-order valence-electron chi connectivity index (χ4n) is 2.19. The maximum atomic E-state index is 12.1. The van der Waals surface area contributed by atoms with Gasteiger partial charge in [-0.15, -0.1) is 24.0 Å². The second-order valence-electron chi connectivity index (χ2n) is 5.28. The molecule has 2 rings (SSSR count). The van der Waals surface area contributed by atoms with Gasteiger partial charge in [0.15, 0.2) is 17.5 Å². The summed E-state index contributed by atoms with van der Waals surface area (Å²) < 4.78 is 37.2. The Bertz CT molecular complexity index is 878. The molecule has 1 aromatic carbocycles. The van der Waals surface area contributed by atoms with Crippen LogP contribution in [0.3, 0.4) is 0 Å². The van der Waals surface area contributed by atoms with Crippen LogP contribution in [0.25, 0.3) is 0 Å². The van der Waals surface area contributed by atoms with E-state index >= 15 is 0 Å². The molecule has 0 aliphatic heterocycles. The molecule has 0 amide bonds. The van der Waals surface area contributed by atoms with Crippen molar-refractivity contribution in [1.82, 2.24) is 15.0 Å². The maximum Gasteiger partial charge on any atom is 0.242 e. The molecule has 9 nitrogen and oxygen atoms in total. The molecule has 0 bridgehead atoms. The van der Waals surface area contributed by atoms with Gasteiger partial charge >= 0.3 is 0 Å². The Balaban J connectivity index is 0.00000392. The Morgan fingerprint density at radius 2 is 1.89 bits per heavy atom. The van der Waals surface area contributed by atoms with Crippen molar-refractivity contribution < 1.29 is 17.9 Å². The van der Waals surface area contributed by atoms with Gasteiger partial charge in [-0.2, -0.15) is 0 Å². The monoisotopic (exact) mass is 521 g/mol. The number of sulfonamides is 1. The molecule has 11 heteroatoms. The number of aliphatic imine (C=N–C) groups is 1. The minimum atomic E-state index is -3.58. The minimum Gasteiger partial charge on any atom is -0.493 e. The number of hydrogen-bond donors (Lipinski definition) is 3. The van der Waals surface area contributed by atoms with Crippen molar-refractivity contribution >= 4 is 45.6 Å². The summed E-state index contributed by atoms with van der Waals surface area (Å²) in [5, 5.41) is 6.13. The molecular formula is C17H24IN5O4S. The molecule has 154 valence electrons. The van der Waals surface area contributed by atoms with E-state index in [1.54, 1.807) is 39.5 Å². The Hall–Kier alpha value is -2.12. The smallest absolute Gasteiger partial charge is 0.242 e. The number of halogens is 1. The first-order valence-electron chi connectivity index (χ1n) is 8.09.